The molecule has 112 valence electrons. The topological polar surface area (TPSA) is 80.3 Å². The van der Waals surface area contributed by atoms with Crippen molar-refractivity contribution < 1.29 is 21.2 Å². The number of hydrogen-bond acceptors (Lipinski definition) is 4. The Bertz CT molecular complexity index is 718. The maximum Gasteiger partial charge on any atom is 0.240 e. The standard InChI is InChI=1S/C11H13BrFNO4S2/c12-10-2-1-9(5-11(10)13)20(17,18)14-6-8-3-4-19(15,16)7-8/h1-2,5,8,14H,3-4,6-7H2. The van der Waals surface area contributed by atoms with Crippen molar-refractivity contribution in [1.82, 2.24) is 4.72 Å². The fourth-order valence-corrected chi connectivity index (χ4v) is 5.22. The molecule has 1 aromatic carbocycles. The Kier molecular flexibility index (Phi) is 4.53. The summed E-state index contributed by atoms with van der Waals surface area (Å²) in [5, 5.41) is 0. The van der Waals surface area contributed by atoms with Crippen LogP contribution in [-0.2, 0) is 19.9 Å². The molecular weight excluding hydrogens is 373 g/mol. The molecule has 1 aromatic rings. The van der Waals surface area contributed by atoms with E-state index in [1.54, 1.807) is 0 Å². The highest BCUT2D eigenvalue weighted by atomic mass is 79.9. The predicted octanol–water partition coefficient (Wildman–Crippen LogP) is 1.30. The molecule has 1 aliphatic heterocycles. The number of hydrogen-bond donors (Lipinski definition) is 1. The molecule has 0 aliphatic carbocycles. The second-order valence-electron chi connectivity index (χ2n) is 4.70. The highest BCUT2D eigenvalue weighted by Crippen LogP contribution is 2.21. The quantitative estimate of drug-likeness (QED) is 0.846. The van der Waals surface area contributed by atoms with Crippen molar-refractivity contribution in [3.05, 3.63) is 28.5 Å². The molecule has 1 fully saturated rings. The van der Waals surface area contributed by atoms with Gasteiger partial charge in [0, 0.05) is 6.54 Å². The van der Waals surface area contributed by atoms with Gasteiger partial charge in [0.1, 0.15) is 5.82 Å². The van der Waals surface area contributed by atoms with E-state index in [1.807, 2.05) is 0 Å². The highest BCUT2D eigenvalue weighted by Gasteiger charge is 2.29. The number of sulfonamides is 1. The smallest absolute Gasteiger partial charge is 0.229 e. The van der Waals surface area contributed by atoms with Gasteiger partial charge >= 0.3 is 0 Å². The SMILES string of the molecule is O=S1(=O)CCC(CNS(=O)(=O)c2ccc(Br)c(F)c2)C1. The van der Waals surface area contributed by atoms with Crippen LogP contribution in [0.25, 0.3) is 0 Å². The Balaban J connectivity index is 2.06. The summed E-state index contributed by atoms with van der Waals surface area (Å²) in [7, 11) is -6.87. The third-order valence-electron chi connectivity index (χ3n) is 3.09. The molecule has 1 atom stereocenters. The second-order valence-corrected chi connectivity index (χ2v) is 9.55. The fourth-order valence-electron chi connectivity index (χ4n) is 1.99. The number of sulfone groups is 1. The van der Waals surface area contributed by atoms with Gasteiger partial charge in [0.2, 0.25) is 10.0 Å². The van der Waals surface area contributed by atoms with Crippen LogP contribution in [-0.4, -0.2) is 34.9 Å². The Hall–Kier alpha value is -0.510. The van der Waals surface area contributed by atoms with Gasteiger partial charge in [-0.15, -0.1) is 0 Å². The fraction of sp³-hybridized carbons (Fsp3) is 0.455. The Labute approximate surface area is 125 Å². The van der Waals surface area contributed by atoms with E-state index < -0.39 is 25.7 Å². The number of nitrogens with one attached hydrogen (secondary N) is 1. The molecule has 20 heavy (non-hydrogen) atoms. The molecular formula is C11H13BrFNO4S2. The molecule has 1 heterocycles. The first kappa shape index (κ1) is 15.9. The van der Waals surface area contributed by atoms with Crippen molar-refractivity contribution in [3.8, 4) is 0 Å². The van der Waals surface area contributed by atoms with Gasteiger partial charge in [-0.2, -0.15) is 0 Å². The molecule has 9 heteroatoms. The van der Waals surface area contributed by atoms with Crippen molar-refractivity contribution in [2.45, 2.75) is 11.3 Å². The summed E-state index contributed by atoms with van der Waals surface area (Å²) >= 11 is 2.94. The number of benzene rings is 1. The molecule has 0 radical (unpaired) electrons. The molecule has 1 N–H and O–H groups in total. The van der Waals surface area contributed by atoms with E-state index >= 15 is 0 Å². The van der Waals surface area contributed by atoms with Crippen LogP contribution in [0, 0.1) is 11.7 Å². The lowest BCUT2D eigenvalue weighted by atomic mass is 10.1. The lowest BCUT2D eigenvalue weighted by molar-refractivity contribution is 0.542. The first-order chi connectivity index (χ1) is 9.20. The zero-order chi connectivity index (χ0) is 15.0. The largest absolute Gasteiger partial charge is 0.240 e. The van der Waals surface area contributed by atoms with Crippen molar-refractivity contribution in [1.29, 1.82) is 0 Å². The Morgan fingerprint density at radius 1 is 1.40 bits per heavy atom. The van der Waals surface area contributed by atoms with E-state index in [1.165, 1.54) is 12.1 Å². The van der Waals surface area contributed by atoms with Gasteiger partial charge in [0.25, 0.3) is 0 Å². The summed E-state index contributed by atoms with van der Waals surface area (Å²) < 4.78 is 62.4. The normalized spacial score (nSPS) is 22.0. The van der Waals surface area contributed by atoms with Gasteiger partial charge in [-0.05, 0) is 46.5 Å². The average molecular weight is 386 g/mol. The van der Waals surface area contributed by atoms with Gasteiger partial charge in [-0.3, -0.25) is 0 Å². The van der Waals surface area contributed by atoms with E-state index in [4.69, 9.17) is 0 Å². The van der Waals surface area contributed by atoms with Gasteiger partial charge in [0.05, 0.1) is 20.9 Å². The molecule has 1 aliphatic rings. The molecule has 5 nitrogen and oxygen atoms in total. The maximum atomic E-state index is 13.3. The van der Waals surface area contributed by atoms with Crippen molar-refractivity contribution in [2.75, 3.05) is 18.1 Å². The predicted molar refractivity (Wildman–Crippen MR) is 76.0 cm³/mol. The highest BCUT2D eigenvalue weighted by molar-refractivity contribution is 9.10. The lowest BCUT2D eigenvalue weighted by Crippen LogP contribution is -2.30. The average Bonchev–Trinajstić information content (AvgIpc) is 2.70. The molecule has 2 rings (SSSR count). The third kappa shape index (κ3) is 3.78. The van der Waals surface area contributed by atoms with Crippen LogP contribution in [0.4, 0.5) is 4.39 Å². The van der Waals surface area contributed by atoms with Gasteiger partial charge in [-0.1, -0.05) is 0 Å². The molecule has 0 aromatic heterocycles. The van der Waals surface area contributed by atoms with Crippen LogP contribution in [0.15, 0.2) is 27.6 Å². The van der Waals surface area contributed by atoms with Crippen LogP contribution in [0.1, 0.15) is 6.42 Å². The lowest BCUT2D eigenvalue weighted by Gasteiger charge is -2.10. The number of rotatable bonds is 4. The summed E-state index contributed by atoms with van der Waals surface area (Å²) in [5.74, 6) is -0.817. The minimum absolute atomic E-state index is 0.00970. The first-order valence-electron chi connectivity index (χ1n) is 5.85. The van der Waals surface area contributed by atoms with E-state index in [2.05, 4.69) is 20.7 Å². The number of halogens is 2. The van der Waals surface area contributed by atoms with Crippen molar-refractivity contribution in [2.24, 2.45) is 5.92 Å². The molecule has 0 bridgehead atoms. The van der Waals surface area contributed by atoms with Gasteiger partial charge in [-0.25, -0.2) is 25.9 Å². The molecule has 0 amide bonds. The van der Waals surface area contributed by atoms with Crippen LogP contribution in [0.5, 0.6) is 0 Å². The third-order valence-corrected chi connectivity index (χ3v) is 6.99. The van der Waals surface area contributed by atoms with Crippen molar-refractivity contribution >= 4 is 35.8 Å². The summed E-state index contributed by atoms with van der Waals surface area (Å²) in [6, 6.07) is 3.50. The summed E-state index contributed by atoms with van der Waals surface area (Å²) in [4.78, 5) is -0.181. The molecule has 1 saturated heterocycles. The molecule has 0 spiro atoms. The molecule has 1 unspecified atom stereocenters. The van der Waals surface area contributed by atoms with Crippen LogP contribution in [0.3, 0.4) is 0 Å². The minimum atomic E-state index is -3.83. The first-order valence-corrected chi connectivity index (χ1v) is 9.94. The van der Waals surface area contributed by atoms with Crippen LogP contribution < -0.4 is 4.72 Å². The molecule has 0 saturated carbocycles. The van der Waals surface area contributed by atoms with E-state index in [-0.39, 0.29) is 33.3 Å². The van der Waals surface area contributed by atoms with E-state index in [9.17, 15) is 21.2 Å². The summed E-state index contributed by atoms with van der Waals surface area (Å²) in [6.07, 6.45) is 0.444. The minimum Gasteiger partial charge on any atom is -0.229 e. The van der Waals surface area contributed by atoms with Crippen molar-refractivity contribution in [3.63, 3.8) is 0 Å². The zero-order valence-corrected chi connectivity index (χ0v) is 13.6. The summed E-state index contributed by atoms with van der Waals surface area (Å²) in [5.41, 5.74) is 0. The van der Waals surface area contributed by atoms with Crippen LogP contribution in [0.2, 0.25) is 0 Å². The monoisotopic (exact) mass is 385 g/mol. The van der Waals surface area contributed by atoms with Gasteiger partial charge < -0.3 is 0 Å². The Morgan fingerprint density at radius 2 is 2.10 bits per heavy atom. The summed E-state index contributed by atoms with van der Waals surface area (Å²) in [6.45, 7) is 0.0409. The Morgan fingerprint density at radius 3 is 2.65 bits per heavy atom. The van der Waals surface area contributed by atoms with E-state index in [0.29, 0.717) is 6.42 Å². The zero-order valence-electron chi connectivity index (χ0n) is 10.3. The maximum absolute atomic E-state index is 13.3. The van der Waals surface area contributed by atoms with Crippen LogP contribution >= 0.6 is 15.9 Å². The van der Waals surface area contributed by atoms with E-state index in [0.717, 1.165) is 6.07 Å². The van der Waals surface area contributed by atoms with Gasteiger partial charge in [0.15, 0.2) is 9.84 Å². The second kappa shape index (κ2) is 5.70.